The molecule has 2 amide bonds. The van der Waals surface area contributed by atoms with E-state index in [1.165, 1.54) is 4.90 Å². The van der Waals surface area contributed by atoms with Crippen LogP contribution in [0.5, 0.6) is 0 Å². The quantitative estimate of drug-likeness (QED) is 0.790. The van der Waals surface area contributed by atoms with E-state index in [1.54, 1.807) is 11.8 Å². The molecular formula is C21H21F3N2O2. The van der Waals surface area contributed by atoms with Gasteiger partial charge in [-0.1, -0.05) is 25.1 Å². The molecule has 1 fully saturated rings. The zero-order valence-corrected chi connectivity index (χ0v) is 15.7. The minimum atomic E-state index is -4.46. The third kappa shape index (κ3) is 3.74. The number of benzene rings is 2. The van der Waals surface area contributed by atoms with Gasteiger partial charge in [0.25, 0.3) is 5.91 Å². The number of rotatable bonds is 3. The zero-order valence-electron chi connectivity index (χ0n) is 15.7. The van der Waals surface area contributed by atoms with Crippen molar-refractivity contribution in [3.05, 3.63) is 65.2 Å². The molecule has 1 aliphatic heterocycles. The van der Waals surface area contributed by atoms with E-state index in [9.17, 15) is 22.8 Å². The number of hydrogen-bond donors (Lipinski definition) is 0. The number of alkyl halides is 3. The van der Waals surface area contributed by atoms with Crippen molar-refractivity contribution in [2.24, 2.45) is 0 Å². The van der Waals surface area contributed by atoms with Crippen LogP contribution >= 0.6 is 0 Å². The highest BCUT2D eigenvalue weighted by atomic mass is 19.4. The summed E-state index contributed by atoms with van der Waals surface area (Å²) in [6, 6.07) is 11.0. The average molecular weight is 390 g/mol. The van der Waals surface area contributed by atoms with Crippen LogP contribution < -0.4 is 4.90 Å². The molecule has 0 spiro atoms. The van der Waals surface area contributed by atoms with Gasteiger partial charge in [-0.25, -0.2) is 0 Å². The Labute approximate surface area is 161 Å². The van der Waals surface area contributed by atoms with Crippen molar-refractivity contribution < 1.29 is 22.8 Å². The van der Waals surface area contributed by atoms with Crippen molar-refractivity contribution in [2.75, 3.05) is 18.0 Å². The second-order valence-electron chi connectivity index (χ2n) is 6.72. The van der Waals surface area contributed by atoms with Gasteiger partial charge in [0.05, 0.1) is 5.56 Å². The van der Waals surface area contributed by atoms with E-state index in [0.717, 1.165) is 41.9 Å². The summed E-state index contributed by atoms with van der Waals surface area (Å²) in [5.74, 6) is -0.648. The molecule has 0 unspecified atom stereocenters. The molecule has 3 rings (SSSR count). The standard InChI is InChI=1S/C21H21F3N2O2/c1-3-15-6-4-5-7-18(15)26-13-12-25(14(2)19(26)27)20(28)16-8-10-17(11-9-16)21(22,23)24/h4-11,14H,3,12-13H2,1-2H3/t14-/m1/s1. The number of para-hydroxylation sites is 1. The highest BCUT2D eigenvalue weighted by molar-refractivity contribution is 6.03. The first-order valence-corrected chi connectivity index (χ1v) is 9.11. The first kappa shape index (κ1) is 19.9. The van der Waals surface area contributed by atoms with E-state index in [4.69, 9.17) is 0 Å². The molecule has 0 bridgehead atoms. The lowest BCUT2D eigenvalue weighted by Gasteiger charge is -2.39. The van der Waals surface area contributed by atoms with E-state index in [0.29, 0.717) is 13.1 Å². The van der Waals surface area contributed by atoms with Gasteiger partial charge in [0.15, 0.2) is 0 Å². The van der Waals surface area contributed by atoms with Crippen molar-refractivity contribution in [3.8, 4) is 0 Å². The van der Waals surface area contributed by atoms with Crippen molar-refractivity contribution in [3.63, 3.8) is 0 Å². The molecule has 0 saturated carbocycles. The second-order valence-corrected chi connectivity index (χ2v) is 6.72. The molecular weight excluding hydrogens is 369 g/mol. The summed E-state index contributed by atoms with van der Waals surface area (Å²) >= 11 is 0. The van der Waals surface area contributed by atoms with Gasteiger partial charge in [0, 0.05) is 24.3 Å². The minimum Gasteiger partial charge on any atom is -0.325 e. The molecule has 1 heterocycles. The highest BCUT2D eigenvalue weighted by Gasteiger charge is 2.36. The summed E-state index contributed by atoms with van der Waals surface area (Å²) < 4.78 is 38.1. The van der Waals surface area contributed by atoms with E-state index >= 15 is 0 Å². The predicted molar refractivity (Wildman–Crippen MR) is 100 cm³/mol. The topological polar surface area (TPSA) is 40.6 Å². The Morgan fingerprint density at radius 1 is 1.07 bits per heavy atom. The van der Waals surface area contributed by atoms with Crippen molar-refractivity contribution >= 4 is 17.5 Å². The van der Waals surface area contributed by atoms with Crippen LogP contribution in [0.4, 0.5) is 18.9 Å². The maximum Gasteiger partial charge on any atom is 0.416 e. The summed E-state index contributed by atoms with van der Waals surface area (Å²) in [7, 11) is 0. The Kier molecular flexibility index (Phi) is 5.45. The molecule has 28 heavy (non-hydrogen) atoms. The number of piperazine rings is 1. The maximum atomic E-state index is 12.9. The first-order valence-electron chi connectivity index (χ1n) is 9.11. The Bertz CT molecular complexity index is 878. The van der Waals surface area contributed by atoms with E-state index in [2.05, 4.69) is 0 Å². The van der Waals surface area contributed by atoms with Gasteiger partial charge in [-0.15, -0.1) is 0 Å². The smallest absolute Gasteiger partial charge is 0.325 e. The number of hydrogen-bond acceptors (Lipinski definition) is 2. The molecule has 2 aromatic rings. The number of amides is 2. The summed E-state index contributed by atoms with van der Waals surface area (Å²) in [6.45, 7) is 4.31. The molecule has 0 radical (unpaired) electrons. The molecule has 148 valence electrons. The molecule has 0 aliphatic carbocycles. The van der Waals surface area contributed by atoms with Gasteiger partial charge in [-0.05, 0) is 49.2 Å². The Morgan fingerprint density at radius 3 is 2.32 bits per heavy atom. The number of nitrogens with zero attached hydrogens (tertiary/aromatic N) is 2. The lowest BCUT2D eigenvalue weighted by atomic mass is 10.0. The van der Waals surface area contributed by atoms with Gasteiger partial charge < -0.3 is 9.80 Å². The number of anilines is 1. The fourth-order valence-electron chi connectivity index (χ4n) is 3.43. The Balaban J connectivity index is 1.79. The fourth-order valence-corrected chi connectivity index (χ4v) is 3.43. The summed E-state index contributed by atoms with van der Waals surface area (Å²) in [5, 5.41) is 0. The first-order chi connectivity index (χ1) is 13.2. The molecule has 0 N–H and O–H groups in total. The van der Waals surface area contributed by atoms with E-state index in [1.807, 2.05) is 31.2 Å². The van der Waals surface area contributed by atoms with Gasteiger partial charge in [-0.2, -0.15) is 13.2 Å². The van der Waals surface area contributed by atoms with Crippen molar-refractivity contribution in [1.82, 2.24) is 4.90 Å². The van der Waals surface area contributed by atoms with Gasteiger partial charge >= 0.3 is 6.18 Å². The van der Waals surface area contributed by atoms with Gasteiger partial charge in [0.2, 0.25) is 5.91 Å². The Morgan fingerprint density at radius 2 is 1.71 bits per heavy atom. The average Bonchev–Trinajstić information content (AvgIpc) is 2.69. The molecule has 2 aromatic carbocycles. The minimum absolute atomic E-state index is 0.134. The number of carbonyl (C=O) groups is 2. The van der Waals surface area contributed by atoms with E-state index < -0.39 is 23.7 Å². The number of halogens is 3. The van der Waals surface area contributed by atoms with Gasteiger partial charge in [-0.3, -0.25) is 9.59 Å². The fraction of sp³-hybridized carbons (Fsp3) is 0.333. The predicted octanol–water partition coefficient (Wildman–Crippen LogP) is 4.15. The SMILES string of the molecule is CCc1ccccc1N1CCN(C(=O)c2ccc(C(F)(F)F)cc2)[C@H](C)C1=O. The third-order valence-corrected chi connectivity index (χ3v) is 5.04. The van der Waals surface area contributed by atoms with Crippen LogP contribution in [0.25, 0.3) is 0 Å². The zero-order chi connectivity index (χ0) is 20.5. The molecule has 1 saturated heterocycles. The second kappa shape index (κ2) is 7.66. The number of carbonyl (C=O) groups excluding carboxylic acids is 2. The van der Waals surface area contributed by atoms with Gasteiger partial charge in [0.1, 0.15) is 6.04 Å². The molecule has 4 nitrogen and oxygen atoms in total. The van der Waals surface area contributed by atoms with E-state index in [-0.39, 0.29) is 11.5 Å². The molecule has 0 aromatic heterocycles. The van der Waals surface area contributed by atoms with Crippen molar-refractivity contribution in [1.29, 1.82) is 0 Å². The monoisotopic (exact) mass is 390 g/mol. The molecule has 7 heteroatoms. The van der Waals surface area contributed by atoms with Crippen LogP contribution in [-0.2, 0) is 17.4 Å². The summed E-state index contributed by atoms with van der Waals surface area (Å²) in [5.41, 5.74) is 1.21. The largest absolute Gasteiger partial charge is 0.416 e. The number of aryl methyl sites for hydroxylation is 1. The molecule has 1 atom stereocenters. The third-order valence-electron chi connectivity index (χ3n) is 5.04. The van der Waals surface area contributed by atoms with Crippen LogP contribution in [-0.4, -0.2) is 35.8 Å². The maximum absolute atomic E-state index is 12.9. The molecule has 1 aliphatic rings. The van der Waals surface area contributed by atoms with Crippen LogP contribution in [0.15, 0.2) is 48.5 Å². The van der Waals surface area contributed by atoms with Crippen molar-refractivity contribution in [2.45, 2.75) is 32.5 Å². The highest BCUT2D eigenvalue weighted by Crippen LogP contribution is 2.30. The summed E-state index contributed by atoms with van der Waals surface area (Å²) in [6.07, 6.45) is -3.67. The lowest BCUT2D eigenvalue weighted by Crippen LogP contribution is -2.58. The summed E-state index contributed by atoms with van der Waals surface area (Å²) in [4.78, 5) is 28.8. The van der Waals surface area contributed by atoms with Crippen LogP contribution in [0.1, 0.15) is 35.3 Å². The lowest BCUT2D eigenvalue weighted by molar-refractivity contribution is -0.137. The van der Waals surface area contributed by atoms with Crippen LogP contribution in [0, 0.1) is 0 Å². The Hall–Kier alpha value is -2.83. The van der Waals surface area contributed by atoms with Crippen LogP contribution in [0.2, 0.25) is 0 Å². The van der Waals surface area contributed by atoms with Crippen LogP contribution in [0.3, 0.4) is 0 Å². The normalized spacial score (nSPS) is 17.8.